The van der Waals surface area contributed by atoms with Crippen molar-refractivity contribution in [1.29, 1.82) is 0 Å². The Kier molecular flexibility index (Phi) is 3.56. The summed E-state index contributed by atoms with van der Waals surface area (Å²) in [6, 6.07) is 7.50. The second kappa shape index (κ2) is 4.93. The van der Waals surface area contributed by atoms with Crippen molar-refractivity contribution in [1.82, 2.24) is 5.32 Å². The van der Waals surface area contributed by atoms with E-state index >= 15 is 0 Å². The predicted molar refractivity (Wildman–Crippen MR) is 63.8 cm³/mol. The van der Waals surface area contributed by atoms with Gasteiger partial charge < -0.3 is 11.1 Å². The Morgan fingerprint density at radius 3 is 2.88 bits per heavy atom. The van der Waals surface area contributed by atoms with E-state index in [1.807, 2.05) is 12.1 Å². The highest BCUT2D eigenvalue weighted by Gasteiger charge is 2.29. The molecule has 16 heavy (non-hydrogen) atoms. The lowest BCUT2D eigenvalue weighted by Gasteiger charge is -2.35. The van der Waals surface area contributed by atoms with Crippen LogP contribution in [0.3, 0.4) is 0 Å². The van der Waals surface area contributed by atoms with Crippen LogP contribution < -0.4 is 11.1 Å². The highest BCUT2D eigenvalue weighted by Crippen LogP contribution is 2.33. The molecule has 88 valence electrons. The van der Waals surface area contributed by atoms with Gasteiger partial charge in [-0.15, -0.1) is 0 Å². The Morgan fingerprint density at radius 1 is 1.44 bits per heavy atom. The molecule has 3 unspecified atom stereocenters. The van der Waals surface area contributed by atoms with Crippen LogP contribution in [0.1, 0.15) is 24.8 Å². The zero-order valence-electron chi connectivity index (χ0n) is 9.62. The molecule has 0 amide bonds. The lowest BCUT2D eigenvalue weighted by molar-refractivity contribution is 0.280. The van der Waals surface area contributed by atoms with Crippen LogP contribution in [0.25, 0.3) is 0 Å². The number of rotatable bonds is 2. The molecular formula is C13H19FN2. The van der Waals surface area contributed by atoms with Crippen molar-refractivity contribution >= 4 is 0 Å². The highest BCUT2D eigenvalue weighted by atomic mass is 19.1. The molecule has 1 fully saturated rings. The van der Waals surface area contributed by atoms with Gasteiger partial charge in [0.05, 0.1) is 0 Å². The minimum Gasteiger partial charge on any atom is -0.330 e. The van der Waals surface area contributed by atoms with Crippen molar-refractivity contribution in [3.05, 3.63) is 35.6 Å². The van der Waals surface area contributed by atoms with Gasteiger partial charge in [-0.25, -0.2) is 4.39 Å². The summed E-state index contributed by atoms with van der Waals surface area (Å²) in [6.45, 7) is 3.63. The molecule has 1 aromatic rings. The summed E-state index contributed by atoms with van der Waals surface area (Å²) < 4.78 is 13.7. The van der Waals surface area contributed by atoms with E-state index in [1.165, 1.54) is 6.07 Å². The molecule has 3 heteroatoms. The fourth-order valence-corrected chi connectivity index (χ4v) is 2.56. The molecule has 1 aliphatic heterocycles. The molecule has 1 aliphatic rings. The van der Waals surface area contributed by atoms with Gasteiger partial charge in [0.15, 0.2) is 0 Å². The van der Waals surface area contributed by atoms with E-state index in [9.17, 15) is 4.39 Å². The molecule has 0 aliphatic carbocycles. The van der Waals surface area contributed by atoms with Crippen molar-refractivity contribution in [3.63, 3.8) is 0 Å². The zero-order chi connectivity index (χ0) is 11.5. The number of halogens is 1. The molecule has 0 radical (unpaired) electrons. The summed E-state index contributed by atoms with van der Waals surface area (Å²) in [6.07, 6.45) is 0.961. The summed E-state index contributed by atoms with van der Waals surface area (Å²) in [5.41, 5.74) is 6.59. The number of hydrogen-bond donors (Lipinski definition) is 2. The maximum absolute atomic E-state index is 13.7. The Balaban J connectivity index is 2.26. The largest absolute Gasteiger partial charge is 0.330 e. The maximum Gasteiger partial charge on any atom is 0.126 e. The molecule has 2 rings (SSSR count). The van der Waals surface area contributed by atoms with Gasteiger partial charge in [-0.05, 0) is 49.9 Å². The van der Waals surface area contributed by atoms with Crippen molar-refractivity contribution < 1.29 is 4.39 Å². The first-order valence-corrected chi connectivity index (χ1v) is 5.90. The van der Waals surface area contributed by atoms with E-state index in [0.717, 1.165) is 18.5 Å². The average Bonchev–Trinajstić information content (AvgIpc) is 2.29. The van der Waals surface area contributed by atoms with Crippen LogP contribution in [0.15, 0.2) is 24.3 Å². The van der Waals surface area contributed by atoms with Gasteiger partial charge in [0.25, 0.3) is 0 Å². The van der Waals surface area contributed by atoms with Crippen molar-refractivity contribution in [3.8, 4) is 0 Å². The summed E-state index contributed by atoms with van der Waals surface area (Å²) in [5, 5.41) is 3.40. The monoisotopic (exact) mass is 222 g/mol. The lowest BCUT2D eigenvalue weighted by Crippen LogP contribution is -2.44. The van der Waals surface area contributed by atoms with Gasteiger partial charge >= 0.3 is 0 Å². The molecule has 3 atom stereocenters. The van der Waals surface area contributed by atoms with Crippen molar-refractivity contribution in [2.75, 3.05) is 13.1 Å². The van der Waals surface area contributed by atoms with Crippen LogP contribution in [0.4, 0.5) is 4.39 Å². The summed E-state index contributed by atoms with van der Waals surface area (Å²) in [5.74, 6) is 0.496. The second-order valence-electron chi connectivity index (χ2n) is 4.67. The fraction of sp³-hybridized carbons (Fsp3) is 0.538. The number of piperidine rings is 1. The third-order valence-corrected chi connectivity index (χ3v) is 3.51. The Hall–Kier alpha value is -0.930. The average molecular weight is 222 g/mol. The van der Waals surface area contributed by atoms with Crippen LogP contribution in [0, 0.1) is 11.7 Å². The van der Waals surface area contributed by atoms with Gasteiger partial charge in [-0.3, -0.25) is 0 Å². The van der Waals surface area contributed by atoms with E-state index in [-0.39, 0.29) is 11.7 Å². The first-order chi connectivity index (χ1) is 7.72. The third-order valence-electron chi connectivity index (χ3n) is 3.51. The van der Waals surface area contributed by atoms with Gasteiger partial charge in [-0.2, -0.15) is 0 Å². The number of hydrogen-bond acceptors (Lipinski definition) is 2. The molecule has 0 bridgehead atoms. The van der Waals surface area contributed by atoms with E-state index in [4.69, 9.17) is 5.73 Å². The third kappa shape index (κ3) is 2.25. The Bertz CT molecular complexity index is 354. The van der Waals surface area contributed by atoms with Crippen LogP contribution in [-0.2, 0) is 0 Å². The smallest absolute Gasteiger partial charge is 0.126 e. The summed E-state index contributed by atoms with van der Waals surface area (Å²) in [7, 11) is 0. The van der Waals surface area contributed by atoms with E-state index in [0.29, 0.717) is 18.5 Å². The Morgan fingerprint density at radius 2 is 2.19 bits per heavy atom. The summed E-state index contributed by atoms with van der Waals surface area (Å²) >= 11 is 0. The molecule has 1 saturated heterocycles. The fourth-order valence-electron chi connectivity index (χ4n) is 2.56. The van der Waals surface area contributed by atoms with E-state index in [1.54, 1.807) is 6.07 Å². The summed E-state index contributed by atoms with van der Waals surface area (Å²) in [4.78, 5) is 0. The van der Waals surface area contributed by atoms with Gasteiger partial charge in [0.1, 0.15) is 5.82 Å². The molecule has 3 N–H and O–H groups in total. The molecule has 0 spiro atoms. The number of benzene rings is 1. The second-order valence-corrected chi connectivity index (χ2v) is 4.67. The topological polar surface area (TPSA) is 38.0 Å². The first kappa shape index (κ1) is 11.6. The SMILES string of the molecule is CC1CC(c2ccccc2F)C(CN)CN1. The number of nitrogens with two attached hydrogens (primary N) is 1. The molecular weight excluding hydrogens is 203 g/mol. The van der Waals surface area contributed by atoms with Crippen molar-refractivity contribution in [2.45, 2.75) is 25.3 Å². The van der Waals surface area contributed by atoms with Crippen LogP contribution >= 0.6 is 0 Å². The van der Waals surface area contributed by atoms with E-state index < -0.39 is 0 Å². The van der Waals surface area contributed by atoms with Gasteiger partial charge in [0, 0.05) is 6.04 Å². The quantitative estimate of drug-likeness (QED) is 0.801. The molecule has 0 aromatic heterocycles. The van der Waals surface area contributed by atoms with Crippen molar-refractivity contribution in [2.24, 2.45) is 11.7 Å². The van der Waals surface area contributed by atoms with Crippen LogP contribution in [-0.4, -0.2) is 19.1 Å². The molecule has 1 aromatic carbocycles. The maximum atomic E-state index is 13.7. The minimum atomic E-state index is -0.0972. The minimum absolute atomic E-state index is 0.0972. The number of nitrogens with one attached hydrogen (secondary N) is 1. The van der Waals surface area contributed by atoms with Gasteiger partial charge in [-0.1, -0.05) is 18.2 Å². The zero-order valence-corrected chi connectivity index (χ0v) is 9.62. The van der Waals surface area contributed by atoms with Crippen LogP contribution in [0.5, 0.6) is 0 Å². The predicted octanol–water partition coefficient (Wildman–Crippen LogP) is 1.87. The molecule has 1 heterocycles. The normalized spacial score (nSPS) is 30.3. The highest BCUT2D eigenvalue weighted by molar-refractivity contribution is 5.23. The standard InChI is InChI=1S/C13H19FN2/c1-9-6-12(10(7-15)8-16-9)11-4-2-3-5-13(11)14/h2-5,9-10,12,16H,6-8,15H2,1H3. The lowest BCUT2D eigenvalue weighted by atomic mass is 9.78. The van der Waals surface area contributed by atoms with Gasteiger partial charge in [0.2, 0.25) is 0 Å². The first-order valence-electron chi connectivity index (χ1n) is 5.90. The van der Waals surface area contributed by atoms with Crippen LogP contribution in [0.2, 0.25) is 0 Å². The Labute approximate surface area is 96.0 Å². The molecule has 2 nitrogen and oxygen atoms in total. The molecule has 0 saturated carbocycles. The van der Waals surface area contributed by atoms with E-state index in [2.05, 4.69) is 12.2 Å².